The van der Waals surface area contributed by atoms with Crippen molar-refractivity contribution >= 4 is 5.91 Å². The summed E-state index contributed by atoms with van der Waals surface area (Å²) in [6, 6.07) is 0.489. The highest BCUT2D eigenvalue weighted by Crippen LogP contribution is 2.20. The zero-order chi connectivity index (χ0) is 13.8. The summed E-state index contributed by atoms with van der Waals surface area (Å²) in [5.41, 5.74) is -0.272. The number of nitrogens with zero attached hydrogens (tertiary/aromatic N) is 1. The second-order valence-electron chi connectivity index (χ2n) is 6.51. The first-order valence-electron chi connectivity index (χ1n) is 6.98. The zero-order valence-corrected chi connectivity index (χ0v) is 12.2. The molecule has 1 heterocycles. The van der Waals surface area contributed by atoms with E-state index in [2.05, 4.69) is 5.32 Å². The normalized spacial score (nSPS) is 19.9. The van der Waals surface area contributed by atoms with E-state index in [1.807, 2.05) is 32.6 Å². The standard InChI is InChI=1S/C14H28N2O2/c1-11(10-17)9-15-12-5-7-16(8-6-12)13(18)14(2,3)4/h11-12,15,17H,5-10H2,1-4H3. The predicted octanol–water partition coefficient (Wildman–Crippen LogP) is 1.24. The van der Waals surface area contributed by atoms with E-state index in [4.69, 9.17) is 5.11 Å². The molecule has 1 aliphatic rings. The summed E-state index contributed by atoms with van der Waals surface area (Å²) in [5.74, 6) is 0.559. The number of aliphatic hydroxyl groups excluding tert-OH is 1. The fraction of sp³-hybridized carbons (Fsp3) is 0.929. The molecule has 0 aromatic carbocycles. The lowest BCUT2D eigenvalue weighted by Gasteiger charge is -2.36. The lowest BCUT2D eigenvalue weighted by atomic mass is 9.93. The van der Waals surface area contributed by atoms with Crippen LogP contribution in [0.1, 0.15) is 40.5 Å². The monoisotopic (exact) mass is 256 g/mol. The van der Waals surface area contributed by atoms with Crippen molar-refractivity contribution in [1.82, 2.24) is 10.2 Å². The number of carbonyl (C=O) groups is 1. The number of aliphatic hydroxyl groups is 1. The highest BCUT2D eigenvalue weighted by Gasteiger charge is 2.30. The molecule has 106 valence electrons. The highest BCUT2D eigenvalue weighted by molar-refractivity contribution is 5.81. The Kier molecular flexibility index (Phi) is 5.60. The number of carbonyl (C=O) groups excluding carboxylic acids is 1. The maximum atomic E-state index is 12.1. The molecule has 1 atom stereocenters. The minimum absolute atomic E-state index is 0.231. The number of hydrogen-bond acceptors (Lipinski definition) is 3. The first-order chi connectivity index (χ1) is 8.34. The van der Waals surface area contributed by atoms with Crippen LogP contribution in [0.15, 0.2) is 0 Å². The Morgan fingerprint density at radius 1 is 1.39 bits per heavy atom. The molecule has 0 aliphatic carbocycles. The van der Waals surface area contributed by atoms with Gasteiger partial charge in [-0.15, -0.1) is 0 Å². The number of rotatable bonds is 4. The molecule has 1 fully saturated rings. The van der Waals surface area contributed by atoms with Crippen LogP contribution in [0, 0.1) is 11.3 Å². The summed E-state index contributed by atoms with van der Waals surface area (Å²) >= 11 is 0. The Bertz CT molecular complexity index is 265. The predicted molar refractivity (Wildman–Crippen MR) is 73.3 cm³/mol. The quantitative estimate of drug-likeness (QED) is 0.796. The second-order valence-corrected chi connectivity index (χ2v) is 6.51. The van der Waals surface area contributed by atoms with Gasteiger partial charge in [-0.25, -0.2) is 0 Å². The first-order valence-corrected chi connectivity index (χ1v) is 6.98. The Balaban J connectivity index is 2.31. The maximum Gasteiger partial charge on any atom is 0.227 e. The van der Waals surface area contributed by atoms with Crippen LogP contribution in [-0.4, -0.2) is 48.2 Å². The van der Waals surface area contributed by atoms with E-state index in [1.54, 1.807) is 0 Å². The van der Waals surface area contributed by atoms with Gasteiger partial charge in [0, 0.05) is 37.7 Å². The molecule has 4 heteroatoms. The van der Waals surface area contributed by atoms with Gasteiger partial charge in [0.2, 0.25) is 5.91 Å². The van der Waals surface area contributed by atoms with Gasteiger partial charge in [-0.2, -0.15) is 0 Å². The third-order valence-corrected chi connectivity index (χ3v) is 3.49. The molecule has 1 unspecified atom stereocenters. The third kappa shape index (κ3) is 4.58. The average molecular weight is 256 g/mol. The molecule has 0 aromatic rings. The molecule has 2 N–H and O–H groups in total. The van der Waals surface area contributed by atoms with Gasteiger partial charge in [-0.1, -0.05) is 27.7 Å². The number of amides is 1. The molecule has 18 heavy (non-hydrogen) atoms. The average Bonchev–Trinajstić information content (AvgIpc) is 2.34. The van der Waals surface area contributed by atoms with Crippen molar-refractivity contribution in [2.75, 3.05) is 26.2 Å². The Labute approximate surface area is 111 Å². The van der Waals surface area contributed by atoms with Gasteiger partial charge < -0.3 is 15.3 Å². The van der Waals surface area contributed by atoms with Crippen molar-refractivity contribution in [2.24, 2.45) is 11.3 Å². The fourth-order valence-corrected chi connectivity index (χ4v) is 2.19. The number of likely N-dealkylation sites (tertiary alicyclic amines) is 1. The molecule has 0 bridgehead atoms. The number of nitrogens with one attached hydrogen (secondary N) is 1. The van der Waals surface area contributed by atoms with Crippen molar-refractivity contribution in [1.29, 1.82) is 0 Å². The van der Waals surface area contributed by atoms with Crippen LogP contribution in [0.3, 0.4) is 0 Å². The minimum Gasteiger partial charge on any atom is -0.396 e. The van der Waals surface area contributed by atoms with Crippen molar-refractivity contribution in [3.63, 3.8) is 0 Å². The second kappa shape index (κ2) is 6.53. The number of hydrogen-bond donors (Lipinski definition) is 2. The van der Waals surface area contributed by atoms with Crippen molar-refractivity contribution in [3.8, 4) is 0 Å². The van der Waals surface area contributed by atoms with Gasteiger partial charge in [0.25, 0.3) is 0 Å². The van der Waals surface area contributed by atoms with Gasteiger partial charge in [0.15, 0.2) is 0 Å². The van der Waals surface area contributed by atoms with Crippen molar-refractivity contribution < 1.29 is 9.90 Å². The lowest BCUT2D eigenvalue weighted by Crippen LogP contribution is -2.48. The Morgan fingerprint density at radius 2 is 1.94 bits per heavy atom. The zero-order valence-electron chi connectivity index (χ0n) is 12.2. The lowest BCUT2D eigenvalue weighted by molar-refractivity contribution is -0.140. The molecule has 0 spiro atoms. The molecule has 0 saturated carbocycles. The molecule has 4 nitrogen and oxygen atoms in total. The van der Waals surface area contributed by atoms with E-state index < -0.39 is 0 Å². The van der Waals surface area contributed by atoms with E-state index in [9.17, 15) is 4.79 Å². The maximum absolute atomic E-state index is 12.1. The molecular weight excluding hydrogens is 228 g/mol. The van der Waals surface area contributed by atoms with E-state index in [-0.39, 0.29) is 17.9 Å². The van der Waals surface area contributed by atoms with E-state index >= 15 is 0 Å². The largest absolute Gasteiger partial charge is 0.396 e. The van der Waals surface area contributed by atoms with Crippen LogP contribution in [0.4, 0.5) is 0 Å². The molecule has 0 aromatic heterocycles. The van der Waals surface area contributed by atoms with Crippen molar-refractivity contribution in [3.05, 3.63) is 0 Å². The molecule has 1 amide bonds. The third-order valence-electron chi connectivity index (χ3n) is 3.49. The van der Waals surface area contributed by atoms with Crippen molar-refractivity contribution in [2.45, 2.75) is 46.6 Å². The Morgan fingerprint density at radius 3 is 2.39 bits per heavy atom. The van der Waals surface area contributed by atoms with Crippen LogP contribution < -0.4 is 5.32 Å². The topological polar surface area (TPSA) is 52.6 Å². The molecular formula is C14H28N2O2. The smallest absolute Gasteiger partial charge is 0.227 e. The highest BCUT2D eigenvalue weighted by atomic mass is 16.3. The van der Waals surface area contributed by atoms with Gasteiger partial charge in [-0.3, -0.25) is 4.79 Å². The molecule has 0 radical (unpaired) electrons. The summed E-state index contributed by atoms with van der Waals surface area (Å²) < 4.78 is 0. The van der Waals surface area contributed by atoms with E-state index in [0.717, 1.165) is 32.5 Å². The van der Waals surface area contributed by atoms with Gasteiger partial charge in [-0.05, 0) is 18.8 Å². The summed E-state index contributed by atoms with van der Waals surface area (Å²) in [6.45, 7) is 10.7. The Hall–Kier alpha value is -0.610. The van der Waals surface area contributed by atoms with Gasteiger partial charge in [0.1, 0.15) is 0 Å². The van der Waals surface area contributed by atoms with Gasteiger partial charge in [0.05, 0.1) is 0 Å². The van der Waals surface area contributed by atoms with Crippen LogP contribution in [0.2, 0.25) is 0 Å². The summed E-state index contributed by atoms with van der Waals surface area (Å²) in [4.78, 5) is 14.1. The fourth-order valence-electron chi connectivity index (χ4n) is 2.19. The van der Waals surface area contributed by atoms with Gasteiger partial charge >= 0.3 is 0 Å². The van der Waals surface area contributed by atoms with Crippen LogP contribution in [0.25, 0.3) is 0 Å². The van der Waals surface area contributed by atoms with Crippen LogP contribution in [-0.2, 0) is 4.79 Å². The number of piperidine rings is 1. The summed E-state index contributed by atoms with van der Waals surface area (Å²) in [6.07, 6.45) is 2.03. The summed E-state index contributed by atoms with van der Waals surface area (Å²) in [5, 5.41) is 12.4. The van der Waals surface area contributed by atoms with E-state index in [1.165, 1.54) is 0 Å². The minimum atomic E-state index is -0.272. The molecule has 1 saturated heterocycles. The summed E-state index contributed by atoms with van der Waals surface area (Å²) in [7, 11) is 0. The SMILES string of the molecule is CC(CO)CNC1CCN(C(=O)C(C)(C)C)CC1. The first kappa shape index (κ1) is 15.4. The molecule has 1 aliphatic heterocycles. The van der Waals surface area contributed by atoms with E-state index in [0.29, 0.717) is 12.0 Å². The molecule has 1 rings (SSSR count). The van der Waals surface area contributed by atoms with Crippen LogP contribution >= 0.6 is 0 Å². The van der Waals surface area contributed by atoms with Crippen LogP contribution in [0.5, 0.6) is 0 Å².